The molecule has 0 aromatic heterocycles. The fraction of sp³-hybridized carbons (Fsp3) is 0.467. The van der Waals surface area contributed by atoms with Gasteiger partial charge in [-0.3, -0.25) is 4.90 Å². The normalized spacial score (nSPS) is 23.4. The third-order valence-corrected chi connectivity index (χ3v) is 3.57. The van der Waals surface area contributed by atoms with Crippen LogP contribution < -0.4 is 5.73 Å². The Labute approximate surface area is 104 Å². The molecule has 1 heterocycles. The lowest BCUT2D eigenvalue weighted by atomic mass is 10.1. The second kappa shape index (κ2) is 5.99. The maximum atomic E-state index is 5.55. The molecule has 1 aliphatic heterocycles. The monoisotopic (exact) mass is 230 g/mol. The first kappa shape index (κ1) is 12.3. The van der Waals surface area contributed by atoms with Crippen molar-refractivity contribution in [2.75, 3.05) is 13.1 Å². The topological polar surface area (TPSA) is 29.3 Å². The van der Waals surface area contributed by atoms with E-state index in [4.69, 9.17) is 5.73 Å². The largest absolute Gasteiger partial charge is 0.330 e. The highest BCUT2D eigenvalue weighted by atomic mass is 15.2. The molecule has 0 spiro atoms. The highest BCUT2D eigenvalue weighted by molar-refractivity contribution is 5.19. The van der Waals surface area contributed by atoms with Crippen molar-refractivity contribution in [3.63, 3.8) is 0 Å². The lowest BCUT2D eigenvalue weighted by Crippen LogP contribution is -2.26. The molecule has 1 aromatic carbocycles. The van der Waals surface area contributed by atoms with Crippen LogP contribution in [0.3, 0.4) is 0 Å². The third kappa shape index (κ3) is 3.18. The summed E-state index contributed by atoms with van der Waals surface area (Å²) in [7, 11) is 0. The predicted octanol–water partition coefficient (Wildman–Crippen LogP) is 2.56. The van der Waals surface area contributed by atoms with Gasteiger partial charge in [-0.1, -0.05) is 42.0 Å². The van der Waals surface area contributed by atoms with Crippen LogP contribution >= 0.6 is 0 Å². The Kier molecular flexibility index (Phi) is 4.35. The summed E-state index contributed by atoms with van der Waals surface area (Å²) in [6.07, 6.45) is 4.54. The van der Waals surface area contributed by atoms with E-state index in [9.17, 15) is 0 Å². The Balaban J connectivity index is 1.96. The quantitative estimate of drug-likeness (QED) is 0.805. The molecule has 1 atom stereocenters. The average Bonchev–Trinajstić information content (AvgIpc) is 2.70. The van der Waals surface area contributed by atoms with Crippen LogP contribution in [0.2, 0.25) is 0 Å². The molecule has 1 saturated heterocycles. The van der Waals surface area contributed by atoms with Crippen LogP contribution in [0.15, 0.2) is 42.0 Å². The Morgan fingerprint density at radius 2 is 2.12 bits per heavy atom. The van der Waals surface area contributed by atoms with Gasteiger partial charge in [0, 0.05) is 19.1 Å². The van der Waals surface area contributed by atoms with Gasteiger partial charge >= 0.3 is 0 Å². The number of rotatable bonds is 4. The van der Waals surface area contributed by atoms with Crippen molar-refractivity contribution in [1.29, 1.82) is 0 Å². The number of benzene rings is 1. The van der Waals surface area contributed by atoms with E-state index in [0.717, 1.165) is 19.5 Å². The molecule has 0 radical (unpaired) electrons. The highest BCUT2D eigenvalue weighted by Crippen LogP contribution is 2.25. The first-order valence-electron chi connectivity index (χ1n) is 6.48. The Hall–Kier alpha value is -1.12. The molecule has 1 aliphatic rings. The van der Waals surface area contributed by atoms with Crippen LogP contribution in [-0.4, -0.2) is 24.0 Å². The molecule has 0 saturated carbocycles. The van der Waals surface area contributed by atoms with Crippen molar-refractivity contribution < 1.29 is 0 Å². The van der Waals surface area contributed by atoms with Gasteiger partial charge in [0.2, 0.25) is 0 Å². The lowest BCUT2D eigenvalue weighted by Gasteiger charge is -2.21. The molecule has 2 heteroatoms. The van der Waals surface area contributed by atoms with Gasteiger partial charge in [-0.15, -0.1) is 0 Å². The van der Waals surface area contributed by atoms with Gasteiger partial charge in [0.05, 0.1) is 0 Å². The van der Waals surface area contributed by atoms with Crippen molar-refractivity contribution in [2.24, 2.45) is 5.73 Å². The van der Waals surface area contributed by atoms with E-state index in [1.807, 2.05) is 0 Å². The third-order valence-electron chi connectivity index (χ3n) is 3.57. The summed E-state index contributed by atoms with van der Waals surface area (Å²) in [6, 6.07) is 11.3. The van der Waals surface area contributed by atoms with Crippen molar-refractivity contribution in [2.45, 2.75) is 32.4 Å². The summed E-state index contributed by atoms with van der Waals surface area (Å²) >= 11 is 0. The lowest BCUT2D eigenvalue weighted by molar-refractivity contribution is 0.273. The number of likely N-dealkylation sites (tertiary alicyclic amines) is 1. The molecule has 2 nitrogen and oxygen atoms in total. The first-order chi connectivity index (χ1) is 8.31. The Bertz CT molecular complexity index is 370. The Morgan fingerprint density at radius 1 is 1.35 bits per heavy atom. The Morgan fingerprint density at radius 3 is 2.82 bits per heavy atom. The molecule has 1 aromatic rings. The van der Waals surface area contributed by atoms with E-state index in [2.05, 4.69) is 48.2 Å². The SMILES string of the molecule is CC1/C(=C/CCN)CCN1Cc1ccccc1. The maximum absolute atomic E-state index is 5.55. The number of nitrogens with two attached hydrogens (primary N) is 1. The van der Waals surface area contributed by atoms with Crippen LogP contribution in [0, 0.1) is 0 Å². The molecular weight excluding hydrogens is 208 g/mol. The van der Waals surface area contributed by atoms with Gasteiger partial charge in [0.1, 0.15) is 0 Å². The van der Waals surface area contributed by atoms with E-state index < -0.39 is 0 Å². The first-order valence-corrected chi connectivity index (χ1v) is 6.48. The van der Waals surface area contributed by atoms with Gasteiger partial charge in [0.25, 0.3) is 0 Å². The van der Waals surface area contributed by atoms with Crippen molar-refractivity contribution in [1.82, 2.24) is 4.90 Å². The van der Waals surface area contributed by atoms with E-state index in [0.29, 0.717) is 6.04 Å². The smallest absolute Gasteiger partial charge is 0.0283 e. The summed E-state index contributed by atoms with van der Waals surface area (Å²) in [6.45, 7) is 5.29. The molecule has 2 rings (SSSR count). The fourth-order valence-corrected chi connectivity index (χ4v) is 2.49. The van der Waals surface area contributed by atoms with Crippen LogP contribution in [0.4, 0.5) is 0 Å². The minimum atomic E-state index is 0.571. The summed E-state index contributed by atoms with van der Waals surface area (Å²) in [5.74, 6) is 0. The molecular formula is C15H22N2. The molecule has 1 unspecified atom stereocenters. The van der Waals surface area contributed by atoms with Crippen LogP contribution in [0.25, 0.3) is 0 Å². The minimum absolute atomic E-state index is 0.571. The molecule has 17 heavy (non-hydrogen) atoms. The van der Waals surface area contributed by atoms with E-state index in [-0.39, 0.29) is 0 Å². The summed E-state index contributed by atoms with van der Waals surface area (Å²) < 4.78 is 0. The van der Waals surface area contributed by atoms with Gasteiger partial charge in [-0.05, 0) is 31.9 Å². The minimum Gasteiger partial charge on any atom is -0.330 e. The van der Waals surface area contributed by atoms with E-state index in [1.165, 1.54) is 18.5 Å². The summed E-state index contributed by atoms with van der Waals surface area (Å²) in [4.78, 5) is 2.54. The van der Waals surface area contributed by atoms with E-state index in [1.54, 1.807) is 5.57 Å². The van der Waals surface area contributed by atoms with Gasteiger partial charge in [-0.2, -0.15) is 0 Å². The molecule has 0 bridgehead atoms. The summed E-state index contributed by atoms with van der Waals surface area (Å²) in [5, 5.41) is 0. The maximum Gasteiger partial charge on any atom is 0.0283 e. The predicted molar refractivity (Wildman–Crippen MR) is 72.7 cm³/mol. The van der Waals surface area contributed by atoms with Crippen LogP contribution in [0.5, 0.6) is 0 Å². The zero-order valence-corrected chi connectivity index (χ0v) is 10.6. The van der Waals surface area contributed by atoms with Crippen molar-refractivity contribution in [3.05, 3.63) is 47.5 Å². The molecule has 0 aliphatic carbocycles. The van der Waals surface area contributed by atoms with Crippen LogP contribution in [-0.2, 0) is 6.54 Å². The van der Waals surface area contributed by atoms with E-state index >= 15 is 0 Å². The number of nitrogens with zero attached hydrogens (tertiary/aromatic N) is 1. The number of hydrogen-bond acceptors (Lipinski definition) is 2. The summed E-state index contributed by atoms with van der Waals surface area (Å²) in [5.41, 5.74) is 8.52. The zero-order chi connectivity index (χ0) is 12.1. The average molecular weight is 230 g/mol. The fourth-order valence-electron chi connectivity index (χ4n) is 2.49. The second-order valence-corrected chi connectivity index (χ2v) is 4.74. The van der Waals surface area contributed by atoms with Gasteiger partial charge in [0.15, 0.2) is 0 Å². The van der Waals surface area contributed by atoms with Crippen molar-refractivity contribution >= 4 is 0 Å². The second-order valence-electron chi connectivity index (χ2n) is 4.74. The molecule has 92 valence electrons. The molecule has 2 N–H and O–H groups in total. The standard InChI is InChI=1S/C15H22N2/c1-13-15(8-5-10-16)9-11-17(13)12-14-6-3-2-4-7-14/h2-4,6-8,13H,5,9-12,16H2,1H3/b15-8+. The van der Waals surface area contributed by atoms with Crippen LogP contribution in [0.1, 0.15) is 25.3 Å². The van der Waals surface area contributed by atoms with Gasteiger partial charge in [-0.25, -0.2) is 0 Å². The van der Waals surface area contributed by atoms with Gasteiger partial charge < -0.3 is 5.73 Å². The molecule has 1 fully saturated rings. The highest BCUT2D eigenvalue weighted by Gasteiger charge is 2.24. The molecule has 0 amide bonds. The zero-order valence-electron chi connectivity index (χ0n) is 10.6. The number of hydrogen-bond donors (Lipinski definition) is 1. The van der Waals surface area contributed by atoms with Crippen molar-refractivity contribution in [3.8, 4) is 0 Å².